The highest BCUT2D eigenvalue weighted by Crippen LogP contribution is 2.47. The molecule has 0 bridgehead atoms. The van der Waals surface area contributed by atoms with Gasteiger partial charge in [0.2, 0.25) is 0 Å². The van der Waals surface area contributed by atoms with Crippen LogP contribution in [0, 0.1) is 5.41 Å². The summed E-state index contributed by atoms with van der Waals surface area (Å²) in [4.78, 5) is 12.1. The Hall–Kier alpha value is -1.14. The Labute approximate surface area is 131 Å². The summed E-state index contributed by atoms with van der Waals surface area (Å²) in [6.45, 7) is 4.96. The zero-order chi connectivity index (χ0) is 14.0. The van der Waals surface area contributed by atoms with Crippen LogP contribution < -0.4 is 10.6 Å². The van der Waals surface area contributed by atoms with Crippen molar-refractivity contribution in [2.45, 2.75) is 45.1 Å². The number of nitrogens with one attached hydrogen (secondary N) is 2. The molecule has 1 saturated heterocycles. The van der Waals surface area contributed by atoms with Crippen LogP contribution in [-0.2, 0) is 0 Å². The molecule has 21 heavy (non-hydrogen) atoms. The average Bonchev–Trinajstić information content (AvgIpc) is 3.12. The molecule has 1 aromatic heterocycles. The number of carbonyl (C=O) groups excluding carboxylic acids is 1. The topological polar surface area (TPSA) is 71.8 Å². The van der Waals surface area contributed by atoms with Gasteiger partial charge in [0.05, 0.1) is 12.2 Å². The van der Waals surface area contributed by atoms with Crippen LogP contribution >= 0.6 is 12.4 Å². The average molecular weight is 314 g/mol. The minimum atomic E-state index is -0.0927. The van der Waals surface area contributed by atoms with E-state index in [1.165, 1.54) is 12.8 Å². The molecule has 1 saturated carbocycles. The summed E-state index contributed by atoms with van der Waals surface area (Å²) in [5, 5.41) is 14.5. The van der Waals surface area contributed by atoms with E-state index in [4.69, 9.17) is 0 Å². The second-order valence-electron chi connectivity index (χ2n) is 6.10. The fourth-order valence-electron chi connectivity index (χ4n) is 2.82. The highest BCUT2D eigenvalue weighted by Gasteiger charge is 2.40. The highest BCUT2D eigenvalue weighted by molar-refractivity contribution is 5.91. The number of hydrogen-bond acceptors (Lipinski definition) is 4. The normalized spacial score (nSPS) is 20.6. The molecule has 118 valence electrons. The number of nitrogens with zero attached hydrogens (tertiary/aromatic N) is 3. The summed E-state index contributed by atoms with van der Waals surface area (Å²) in [6, 6.07) is 0.371. The molecule has 1 aliphatic heterocycles. The van der Waals surface area contributed by atoms with Gasteiger partial charge in [-0.2, -0.15) is 0 Å². The van der Waals surface area contributed by atoms with Crippen molar-refractivity contribution in [3.05, 3.63) is 11.9 Å². The molecule has 7 heteroatoms. The quantitative estimate of drug-likeness (QED) is 0.865. The predicted octanol–water partition coefficient (Wildman–Crippen LogP) is 1.54. The molecule has 0 aromatic carbocycles. The van der Waals surface area contributed by atoms with Crippen molar-refractivity contribution in [2.24, 2.45) is 5.41 Å². The minimum Gasteiger partial charge on any atom is -0.350 e. The molecule has 2 heterocycles. The molecule has 3 rings (SSSR count). The second-order valence-corrected chi connectivity index (χ2v) is 6.10. The fourth-order valence-corrected chi connectivity index (χ4v) is 2.82. The van der Waals surface area contributed by atoms with Gasteiger partial charge in [-0.3, -0.25) is 4.79 Å². The Morgan fingerprint density at radius 1 is 1.48 bits per heavy atom. The van der Waals surface area contributed by atoms with Crippen LogP contribution in [0.2, 0.25) is 0 Å². The summed E-state index contributed by atoms with van der Waals surface area (Å²) in [6.07, 6.45) is 7.47. The number of amides is 1. The van der Waals surface area contributed by atoms with E-state index in [2.05, 4.69) is 27.9 Å². The van der Waals surface area contributed by atoms with Gasteiger partial charge in [0.25, 0.3) is 5.91 Å². The van der Waals surface area contributed by atoms with Crippen LogP contribution in [0.25, 0.3) is 0 Å². The molecule has 0 radical (unpaired) electrons. The van der Waals surface area contributed by atoms with E-state index in [-0.39, 0.29) is 18.3 Å². The van der Waals surface area contributed by atoms with Crippen LogP contribution in [0.4, 0.5) is 0 Å². The summed E-state index contributed by atoms with van der Waals surface area (Å²) in [5.41, 5.74) is 0.802. The molecule has 0 unspecified atom stereocenters. The number of rotatable bonds is 5. The first-order valence-electron chi connectivity index (χ1n) is 7.63. The van der Waals surface area contributed by atoms with Gasteiger partial charge in [0, 0.05) is 6.54 Å². The first-order chi connectivity index (χ1) is 9.72. The summed E-state index contributed by atoms with van der Waals surface area (Å²) >= 11 is 0. The number of hydrogen-bond donors (Lipinski definition) is 2. The Balaban J connectivity index is 0.00000161. The molecule has 0 spiro atoms. The zero-order valence-corrected chi connectivity index (χ0v) is 13.3. The lowest BCUT2D eigenvalue weighted by Crippen LogP contribution is -2.30. The minimum absolute atomic E-state index is 0. The lowest BCUT2D eigenvalue weighted by molar-refractivity contribution is 0.0939. The number of halogens is 1. The van der Waals surface area contributed by atoms with E-state index < -0.39 is 0 Å². The molecular formula is C14H24ClN5O. The summed E-state index contributed by atoms with van der Waals surface area (Å²) in [7, 11) is 0. The van der Waals surface area contributed by atoms with Gasteiger partial charge < -0.3 is 10.6 Å². The van der Waals surface area contributed by atoms with E-state index in [0.717, 1.165) is 38.9 Å². The van der Waals surface area contributed by atoms with Gasteiger partial charge in [0.1, 0.15) is 0 Å². The number of piperidine rings is 1. The van der Waals surface area contributed by atoms with E-state index >= 15 is 0 Å². The van der Waals surface area contributed by atoms with Crippen molar-refractivity contribution in [3.8, 4) is 0 Å². The lowest BCUT2D eigenvalue weighted by Gasteiger charge is -2.22. The zero-order valence-electron chi connectivity index (χ0n) is 12.5. The highest BCUT2D eigenvalue weighted by atomic mass is 35.5. The van der Waals surface area contributed by atoms with Crippen molar-refractivity contribution in [1.82, 2.24) is 25.6 Å². The summed E-state index contributed by atoms with van der Waals surface area (Å²) in [5.74, 6) is -0.0927. The van der Waals surface area contributed by atoms with Gasteiger partial charge in [-0.05, 0) is 50.6 Å². The van der Waals surface area contributed by atoms with Crippen molar-refractivity contribution >= 4 is 18.3 Å². The SMILES string of the molecule is CCC1(CNC(=O)c2cn(C3CCNCC3)nn2)CC1.Cl. The molecule has 0 atom stereocenters. The molecule has 1 amide bonds. The molecule has 1 aromatic rings. The molecule has 2 N–H and O–H groups in total. The maximum Gasteiger partial charge on any atom is 0.273 e. The molecule has 1 aliphatic carbocycles. The molecule has 2 aliphatic rings. The standard InChI is InChI=1S/C14H23N5O.ClH/c1-2-14(5-6-14)10-16-13(20)12-9-19(18-17-12)11-3-7-15-8-4-11;/h9,11,15H,2-8,10H2,1H3,(H,16,20);1H. The smallest absolute Gasteiger partial charge is 0.273 e. The first kappa shape index (κ1) is 16.2. The second kappa shape index (κ2) is 6.75. The van der Waals surface area contributed by atoms with Crippen molar-refractivity contribution in [3.63, 3.8) is 0 Å². The third kappa shape index (κ3) is 3.74. The maximum atomic E-state index is 12.1. The van der Waals surface area contributed by atoms with Crippen LogP contribution in [0.5, 0.6) is 0 Å². The van der Waals surface area contributed by atoms with Crippen molar-refractivity contribution < 1.29 is 4.79 Å². The third-order valence-electron chi connectivity index (χ3n) is 4.76. The van der Waals surface area contributed by atoms with Gasteiger partial charge in [-0.1, -0.05) is 12.1 Å². The predicted molar refractivity (Wildman–Crippen MR) is 82.7 cm³/mol. The lowest BCUT2D eigenvalue weighted by atomic mass is 10.0. The van der Waals surface area contributed by atoms with Crippen LogP contribution in [0.3, 0.4) is 0 Å². The summed E-state index contributed by atoms with van der Waals surface area (Å²) < 4.78 is 1.85. The Bertz CT molecular complexity index is 479. The Kier molecular flexibility index (Phi) is 5.22. The van der Waals surface area contributed by atoms with E-state index in [9.17, 15) is 4.79 Å². The van der Waals surface area contributed by atoms with Crippen LogP contribution in [0.1, 0.15) is 55.6 Å². The fraction of sp³-hybridized carbons (Fsp3) is 0.786. The number of carbonyl (C=O) groups is 1. The van der Waals surface area contributed by atoms with Crippen LogP contribution in [0.15, 0.2) is 6.20 Å². The Morgan fingerprint density at radius 2 is 2.19 bits per heavy atom. The maximum absolute atomic E-state index is 12.1. The monoisotopic (exact) mass is 313 g/mol. The first-order valence-corrected chi connectivity index (χ1v) is 7.63. The number of aromatic nitrogens is 3. The largest absolute Gasteiger partial charge is 0.350 e. The third-order valence-corrected chi connectivity index (χ3v) is 4.76. The van der Waals surface area contributed by atoms with Gasteiger partial charge in [-0.15, -0.1) is 17.5 Å². The molecule has 2 fully saturated rings. The van der Waals surface area contributed by atoms with E-state index in [1.54, 1.807) is 6.20 Å². The Morgan fingerprint density at radius 3 is 2.81 bits per heavy atom. The van der Waals surface area contributed by atoms with Crippen LogP contribution in [-0.4, -0.2) is 40.5 Å². The van der Waals surface area contributed by atoms with E-state index in [0.29, 0.717) is 17.2 Å². The van der Waals surface area contributed by atoms with Crippen molar-refractivity contribution in [2.75, 3.05) is 19.6 Å². The van der Waals surface area contributed by atoms with Gasteiger partial charge >= 0.3 is 0 Å². The molecule has 6 nitrogen and oxygen atoms in total. The van der Waals surface area contributed by atoms with Gasteiger partial charge in [0.15, 0.2) is 5.69 Å². The van der Waals surface area contributed by atoms with E-state index in [1.807, 2.05) is 4.68 Å². The molecular weight excluding hydrogens is 290 g/mol. The van der Waals surface area contributed by atoms with Gasteiger partial charge in [-0.25, -0.2) is 4.68 Å². The van der Waals surface area contributed by atoms with Crippen molar-refractivity contribution in [1.29, 1.82) is 0 Å².